The molecule has 0 saturated heterocycles. The Kier molecular flexibility index (Phi) is 4.37. The van der Waals surface area contributed by atoms with Crippen molar-refractivity contribution in [2.24, 2.45) is 0 Å². The molecule has 0 aromatic heterocycles. The fraction of sp³-hybridized carbons (Fsp3) is 0.250. The van der Waals surface area contributed by atoms with Crippen LogP contribution in [0.2, 0.25) is 0 Å². The molecule has 0 heterocycles. The quantitative estimate of drug-likeness (QED) is 0.333. The number of rotatable bonds is 5. The smallest absolute Gasteiger partial charge is 0.270 e. The van der Waals surface area contributed by atoms with E-state index in [0.717, 1.165) is 4.90 Å². The topological polar surface area (TPSA) is 75.4 Å². The maximum atomic E-state index is 10.4. The highest BCUT2D eigenvalue weighted by atomic mass is 32.2. The lowest BCUT2D eigenvalue weighted by molar-refractivity contribution is -0.385. The lowest BCUT2D eigenvalue weighted by Gasteiger charge is -2.01. The molecule has 0 aliphatic carbocycles. The van der Waals surface area contributed by atoms with Gasteiger partial charge in [0.25, 0.3) is 5.69 Å². The third kappa shape index (κ3) is 3.33. The van der Waals surface area contributed by atoms with Crippen LogP contribution in [0.25, 0.3) is 0 Å². The molecule has 1 aromatic carbocycles. The van der Waals surface area contributed by atoms with E-state index in [2.05, 4.69) is 4.72 Å². The zero-order valence-corrected chi connectivity index (χ0v) is 8.16. The van der Waals surface area contributed by atoms with Gasteiger partial charge in [0, 0.05) is 23.6 Å². The highest BCUT2D eigenvalue weighted by Crippen LogP contribution is 2.20. The number of nitrogens with zero attached hydrogens (tertiary/aromatic N) is 1. The zero-order valence-electron chi connectivity index (χ0n) is 7.34. The first-order valence-electron chi connectivity index (χ1n) is 3.99. The Morgan fingerprint density at radius 2 is 2.36 bits per heavy atom. The standard InChI is InChI=1S/C8H10N2O3S/c11-5-4-9-14-8-3-1-2-7(6-8)10(12)13/h1-3,6,9,11H,4-5H2. The van der Waals surface area contributed by atoms with Crippen molar-refractivity contribution in [3.63, 3.8) is 0 Å². The SMILES string of the molecule is O=[N+]([O-])c1cccc(SNCCO)c1. The fourth-order valence-electron chi connectivity index (χ4n) is 0.841. The number of nitrogens with one attached hydrogen (secondary N) is 1. The van der Waals surface area contributed by atoms with Gasteiger partial charge in [-0.1, -0.05) is 6.07 Å². The second-order valence-corrected chi connectivity index (χ2v) is 3.44. The Balaban J connectivity index is 2.59. The third-order valence-corrected chi connectivity index (χ3v) is 2.27. The van der Waals surface area contributed by atoms with Crippen molar-refractivity contribution < 1.29 is 10.0 Å². The summed E-state index contributed by atoms with van der Waals surface area (Å²) >= 11 is 1.26. The summed E-state index contributed by atoms with van der Waals surface area (Å²) in [4.78, 5) is 10.7. The fourth-order valence-corrected chi connectivity index (χ4v) is 1.53. The van der Waals surface area contributed by atoms with Crippen LogP contribution in [0, 0.1) is 10.1 Å². The number of hydrogen-bond acceptors (Lipinski definition) is 5. The molecule has 76 valence electrons. The molecule has 0 bridgehead atoms. The second-order valence-electron chi connectivity index (χ2n) is 2.47. The van der Waals surface area contributed by atoms with Gasteiger partial charge in [0.05, 0.1) is 11.5 Å². The van der Waals surface area contributed by atoms with Crippen LogP contribution in [0.5, 0.6) is 0 Å². The monoisotopic (exact) mass is 214 g/mol. The normalized spacial score (nSPS) is 10.1. The van der Waals surface area contributed by atoms with Crippen LogP contribution < -0.4 is 4.72 Å². The van der Waals surface area contributed by atoms with Gasteiger partial charge in [-0.25, -0.2) is 0 Å². The van der Waals surface area contributed by atoms with Gasteiger partial charge in [-0.3, -0.25) is 14.8 Å². The van der Waals surface area contributed by atoms with Crippen LogP contribution in [0.1, 0.15) is 0 Å². The van der Waals surface area contributed by atoms with Crippen molar-refractivity contribution in [3.8, 4) is 0 Å². The number of aliphatic hydroxyl groups excluding tert-OH is 1. The lowest BCUT2D eigenvalue weighted by Crippen LogP contribution is -2.08. The second kappa shape index (κ2) is 5.58. The molecule has 0 atom stereocenters. The van der Waals surface area contributed by atoms with Gasteiger partial charge in [-0.2, -0.15) is 0 Å². The van der Waals surface area contributed by atoms with Gasteiger partial charge in [-0.05, 0) is 18.0 Å². The first-order chi connectivity index (χ1) is 6.74. The van der Waals surface area contributed by atoms with Crippen molar-refractivity contribution in [2.75, 3.05) is 13.2 Å². The minimum Gasteiger partial charge on any atom is -0.395 e. The summed E-state index contributed by atoms with van der Waals surface area (Å²) in [7, 11) is 0. The molecule has 0 fully saturated rings. The molecular formula is C8H10N2O3S. The highest BCUT2D eigenvalue weighted by molar-refractivity contribution is 7.97. The Bertz CT molecular complexity index is 319. The molecular weight excluding hydrogens is 204 g/mol. The molecule has 5 nitrogen and oxygen atoms in total. The van der Waals surface area contributed by atoms with Gasteiger partial charge in [0.15, 0.2) is 0 Å². The first kappa shape index (κ1) is 11.0. The molecule has 1 rings (SSSR count). The van der Waals surface area contributed by atoms with Crippen molar-refractivity contribution >= 4 is 17.6 Å². The number of aliphatic hydroxyl groups is 1. The van der Waals surface area contributed by atoms with E-state index in [1.54, 1.807) is 12.1 Å². The average Bonchev–Trinajstić information content (AvgIpc) is 2.19. The Morgan fingerprint density at radius 3 is 3.00 bits per heavy atom. The van der Waals surface area contributed by atoms with E-state index in [1.165, 1.54) is 24.1 Å². The Hall–Kier alpha value is -1.11. The molecule has 1 aromatic rings. The lowest BCUT2D eigenvalue weighted by atomic mass is 10.3. The van der Waals surface area contributed by atoms with Crippen LogP contribution in [-0.2, 0) is 0 Å². The molecule has 0 aliphatic heterocycles. The van der Waals surface area contributed by atoms with E-state index < -0.39 is 4.92 Å². The van der Waals surface area contributed by atoms with Crippen LogP contribution in [-0.4, -0.2) is 23.2 Å². The van der Waals surface area contributed by atoms with Crippen molar-refractivity contribution in [2.45, 2.75) is 4.90 Å². The Morgan fingerprint density at radius 1 is 1.57 bits per heavy atom. The van der Waals surface area contributed by atoms with Crippen molar-refractivity contribution in [1.29, 1.82) is 0 Å². The molecule has 14 heavy (non-hydrogen) atoms. The number of benzene rings is 1. The van der Waals surface area contributed by atoms with Gasteiger partial charge in [-0.15, -0.1) is 0 Å². The molecule has 0 amide bonds. The largest absolute Gasteiger partial charge is 0.395 e. The average molecular weight is 214 g/mol. The molecule has 0 aliphatic rings. The maximum Gasteiger partial charge on any atom is 0.270 e. The Labute approximate surface area is 85.4 Å². The summed E-state index contributed by atoms with van der Waals surface area (Å²) in [6, 6.07) is 6.31. The highest BCUT2D eigenvalue weighted by Gasteiger charge is 2.05. The third-order valence-electron chi connectivity index (χ3n) is 1.43. The summed E-state index contributed by atoms with van der Waals surface area (Å²) in [5.74, 6) is 0. The summed E-state index contributed by atoms with van der Waals surface area (Å²) in [5, 5.41) is 18.9. The summed E-state index contributed by atoms with van der Waals surface area (Å²) in [6.45, 7) is 0.495. The van der Waals surface area contributed by atoms with E-state index in [9.17, 15) is 10.1 Å². The van der Waals surface area contributed by atoms with E-state index >= 15 is 0 Å². The van der Waals surface area contributed by atoms with E-state index in [4.69, 9.17) is 5.11 Å². The van der Waals surface area contributed by atoms with E-state index in [1.807, 2.05) is 0 Å². The zero-order chi connectivity index (χ0) is 10.4. The molecule has 6 heteroatoms. The van der Waals surface area contributed by atoms with Crippen LogP contribution in [0.3, 0.4) is 0 Å². The van der Waals surface area contributed by atoms with Crippen LogP contribution in [0.15, 0.2) is 29.2 Å². The summed E-state index contributed by atoms with van der Waals surface area (Å²) < 4.78 is 2.86. The number of nitro groups is 1. The van der Waals surface area contributed by atoms with Gasteiger partial charge >= 0.3 is 0 Å². The van der Waals surface area contributed by atoms with Gasteiger partial charge in [0.1, 0.15) is 0 Å². The summed E-state index contributed by atoms with van der Waals surface area (Å²) in [6.07, 6.45) is 0. The van der Waals surface area contributed by atoms with Gasteiger partial charge in [0.2, 0.25) is 0 Å². The molecule has 2 N–H and O–H groups in total. The minimum absolute atomic E-state index is 0.0436. The maximum absolute atomic E-state index is 10.4. The number of nitro benzene ring substituents is 1. The molecule has 0 unspecified atom stereocenters. The van der Waals surface area contributed by atoms with Crippen LogP contribution >= 0.6 is 11.9 Å². The predicted octanol–water partition coefficient (Wildman–Crippen LogP) is 1.18. The molecule has 0 spiro atoms. The predicted molar refractivity (Wildman–Crippen MR) is 54.0 cm³/mol. The molecule has 0 saturated carbocycles. The van der Waals surface area contributed by atoms with E-state index in [0.29, 0.717) is 6.54 Å². The number of non-ortho nitro benzene ring substituents is 1. The first-order valence-corrected chi connectivity index (χ1v) is 4.80. The molecule has 0 radical (unpaired) electrons. The summed E-state index contributed by atoms with van der Waals surface area (Å²) in [5.41, 5.74) is 0.0702. The van der Waals surface area contributed by atoms with Crippen LogP contribution in [0.4, 0.5) is 5.69 Å². The van der Waals surface area contributed by atoms with Crippen molar-refractivity contribution in [1.82, 2.24) is 4.72 Å². The van der Waals surface area contributed by atoms with Gasteiger partial charge < -0.3 is 5.11 Å². The number of hydrogen-bond donors (Lipinski definition) is 2. The van der Waals surface area contributed by atoms with Crippen molar-refractivity contribution in [3.05, 3.63) is 34.4 Å². The minimum atomic E-state index is -0.434. The van der Waals surface area contributed by atoms with E-state index in [-0.39, 0.29) is 12.3 Å².